The number of allylic oxidation sites excluding steroid dienone is 1. The highest BCUT2D eigenvalue weighted by atomic mass is 16.7. The van der Waals surface area contributed by atoms with E-state index in [0.29, 0.717) is 34.5 Å². The molecule has 29 heavy (non-hydrogen) atoms. The average molecular weight is 389 g/mol. The Morgan fingerprint density at radius 1 is 1.14 bits per heavy atom. The van der Waals surface area contributed by atoms with Gasteiger partial charge in [-0.3, -0.25) is 4.79 Å². The van der Waals surface area contributed by atoms with E-state index in [1.54, 1.807) is 4.68 Å². The third-order valence-electron chi connectivity index (χ3n) is 5.14. The van der Waals surface area contributed by atoms with Gasteiger partial charge < -0.3 is 20.5 Å². The number of hydrogen-bond donors (Lipinski definition) is 2. The SMILES string of the molecule is CC1=C(C(N)=O)[C@H](c2ccc3c(c2)OCO3)n2nc(-c3ccc(C)cc3)nc2N1. The van der Waals surface area contributed by atoms with Crippen molar-refractivity contribution < 1.29 is 14.3 Å². The Kier molecular flexibility index (Phi) is 3.80. The van der Waals surface area contributed by atoms with Crippen LogP contribution in [0.1, 0.15) is 24.1 Å². The molecule has 146 valence electrons. The van der Waals surface area contributed by atoms with Gasteiger partial charge in [0.25, 0.3) is 0 Å². The van der Waals surface area contributed by atoms with Crippen LogP contribution < -0.4 is 20.5 Å². The zero-order valence-corrected chi connectivity index (χ0v) is 16.0. The summed E-state index contributed by atoms with van der Waals surface area (Å²) in [5.41, 5.74) is 9.67. The van der Waals surface area contributed by atoms with Crippen LogP contribution in [-0.2, 0) is 4.79 Å². The van der Waals surface area contributed by atoms with Gasteiger partial charge in [0, 0.05) is 11.3 Å². The van der Waals surface area contributed by atoms with Crippen LogP contribution in [0.4, 0.5) is 5.95 Å². The molecule has 0 radical (unpaired) electrons. The number of aryl methyl sites for hydroxylation is 1. The number of primary amides is 1. The fourth-order valence-corrected chi connectivity index (χ4v) is 3.69. The van der Waals surface area contributed by atoms with E-state index in [4.69, 9.17) is 20.3 Å². The lowest BCUT2D eigenvalue weighted by Crippen LogP contribution is -2.31. The Morgan fingerprint density at radius 3 is 2.66 bits per heavy atom. The molecule has 2 aromatic carbocycles. The molecule has 3 aromatic rings. The van der Waals surface area contributed by atoms with Crippen molar-refractivity contribution >= 4 is 11.9 Å². The molecule has 0 spiro atoms. The lowest BCUT2D eigenvalue weighted by Gasteiger charge is -2.27. The first kappa shape index (κ1) is 17.3. The van der Waals surface area contributed by atoms with Gasteiger partial charge in [-0.15, -0.1) is 5.10 Å². The highest BCUT2D eigenvalue weighted by Gasteiger charge is 2.34. The van der Waals surface area contributed by atoms with Crippen molar-refractivity contribution in [3.63, 3.8) is 0 Å². The summed E-state index contributed by atoms with van der Waals surface area (Å²) in [6.07, 6.45) is 0. The molecule has 3 heterocycles. The monoisotopic (exact) mass is 389 g/mol. The van der Waals surface area contributed by atoms with Gasteiger partial charge in [0.1, 0.15) is 6.04 Å². The van der Waals surface area contributed by atoms with Crippen molar-refractivity contribution in [2.24, 2.45) is 5.73 Å². The number of fused-ring (bicyclic) bond motifs is 2. The first-order valence-electron chi connectivity index (χ1n) is 9.22. The highest BCUT2D eigenvalue weighted by molar-refractivity contribution is 5.95. The van der Waals surface area contributed by atoms with Crippen LogP contribution in [0, 0.1) is 6.92 Å². The number of amides is 1. The molecule has 8 nitrogen and oxygen atoms in total. The summed E-state index contributed by atoms with van der Waals surface area (Å²) in [7, 11) is 0. The summed E-state index contributed by atoms with van der Waals surface area (Å²) < 4.78 is 12.6. The van der Waals surface area contributed by atoms with E-state index in [-0.39, 0.29) is 6.79 Å². The Morgan fingerprint density at radius 2 is 1.90 bits per heavy atom. The van der Waals surface area contributed by atoms with Crippen molar-refractivity contribution in [2.75, 3.05) is 12.1 Å². The maximum absolute atomic E-state index is 12.3. The Labute approximate surface area is 167 Å². The van der Waals surface area contributed by atoms with E-state index >= 15 is 0 Å². The largest absolute Gasteiger partial charge is 0.454 e. The molecule has 2 aliphatic heterocycles. The average Bonchev–Trinajstić information content (AvgIpc) is 3.33. The van der Waals surface area contributed by atoms with Crippen LogP contribution in [0.2, 0.25) is 0 Å². The number of nitrogens with zero attached hydrogens (tertiary/aromatic N) is 3. The van der Waals surface area contributed by atoms with Crippen molar-refractivity contribution in [1.82, 2.24) is 14.8 Å². The molecular formula is C21H19N5O3. The normalized spacial score (nSPS) is 17.1. The predicted octanol–water partition coefficient (Wildman–Crippen LogP) is 2.76. The molecule has 5 rings (SSSR count). The Balaban J connectivity index is 1.66. The summed E-state index contributed by atoms with van der Waals surface area (Å²) >= 11 is 0. The summed E-state index contributed by atoms with van der Waals surface area (Å²) in [5, 5.41) is 7.86. The van der Waals surface area contributed by atoms with Crippen LogP contribution in [0.15, 0.2) is 53.7 Å². The van der Waals surface area contributed by atoms with Gasteiger partial charge in [-0.05, 0) is 31.5 Å². The number of carbonyl (C=O) groups excluding carboxylic acids is 1. The zero-order chi connectivity index (χ0) is 20.1. The number of aromatic nitrogens is 3. The number of rotatable bonds is 3. The molecule has 0 unspecified atom stereocenters. The molecular weight excluding hydrogens is 370 g/mol. The van der Waals surface area contributed by atoms with Crippen LogP contribution >= 0.6 is 0 Å². The Hall–Kier alpha value is -3.81. The molecule has 8 heteroatoms. The van der Waals surface area contributed by atoms with E-state index in [9.17, 15) is 4.79 Å². The number of hydrogen-bond acceptors (Lipinski definition) is 6. The fraction of sp³-hybridized carbons (Fsp3) is 0.190. The van der Waals surface area contributed by atoms with Crippen LogP contribution in [0.3, 0.4) is 0 Å². The van der Waals surface area contributed by atoms with Crippen molar-refractivity contribution in [3.05, 3.63) is 64.9 Å². The molecule has 1 aromatic heterocycles. The maximum Gasteiger partial charge on any atom is 0.248 e. The molecule has 1 amide bonds. The quantitative estimate of drug-likeness (QED) is 0.714. The summed E-state index contributed by atoms with van der Waals surface area (Å²) in [6, 6.07) is 13.0. The number of nitrogens with two attached hydrogens (primary N) is 1. The molecule has 0 bridgehead atoms. The second-order valence-corrected chi connectivity index (χ2v) is 7.11. The third-order valence-corrected chi connectivity index (χ3v) is 5.14. The molecule has 1 atom stereocenters. The number of carbonyl (C=O) groups is 1. The van der Waals surface area contributed by atoms with Crippen molar-refractivity contribution in [1.29, 1.82) is 0 Å². The van der Waals surface area contributed by atoms with Crippen LogP contribution in [-0.4, -0.2) is 27.5 Å². The molecule has 2 aliphatic rings. The molecule has 0 aliphatic carbocycles. The first-order valence-corrected chi connectivity index (χ1v) is 9.22. The minimum Gasteiger partial charge on any atom is -0.454 e. The van der Waals surface area contributed by atoms with Gasteiger partial charge >= 0.3 is 0 Å². The Bertz CT molecular complexity index is 1160. The second kappa shape index (κ2) is 6.37. The summed E-state index contributed by atoms with van der Waals surface area (Å²) in [6.45, 7) is 4.01. The fourth-order valence-electron chi connectivity index (χ4n) is 3.69. The van der Waals surface area contributed by atoms with Gasteiger partial charge in [-0.1, -0.05) is 35.9 Å². The standard InChI is InChI=1S/C21H19N5O3/c1-11-3-5-13(6-4-11)20-24-21-23-12(2)17(19(22)27)18(26(21)25-20)14-7-8-15-16(9-14)29-10-28-15/h3-9,18H,10H2,1-2H3,(H2,22,27)(H,23,24,25)/t18-/m0/s1. The molecule has 0 saturated heterocycles. The van der Waals surface area contributed by atoms with E-state index in [2.05, 4.69) is 10.3 Å². The lowest BCUT2D eigenvalue weighted by atomic mass is 9.95. The number of anilines is 1. The minimum atomic E-state index is -0.523. The number of nitrogens with one attached hydrogen (secondary N) is 1. The highest BCUT2D eigenvalue weighted by Crippen LogP contribution is 2.40. The topological polar surface area (TPSA) is 104 Å². The van der Waals surface area contributed by atoms with Gasteiger partial charge in [0.2, 0.25) is 18.6 Å². The van der Waals surface area contributed by atoms with Gasteiger partial charge in [0.05, 0.1) is 5.57 Å². The minimum absolute atomic E-state index is 0.175. The van der Waals surface area contributed by atoms with E-state index in [1.807, 2.05) is 56.3 Å². The third kappa shape index (κ3) is 2.80. The van der Waals surface area contributed by atoms with Crippen molar-refractivity contribution in [2.45, 2.75) is 19.9 Å². The molecule has 0 fully saturated rings. The second-order valence-electron chi connectivity index (χ2n) is 7.11. The number of benzene rings is 2. The zero-order valence-electron chi connectivity index (χ0n) is 16.0. The predicted molar refractivity (Wildman–Crippen MR) is 106 cm³/mol. The van der Waals surface area contributed by atoms with Crippen molar-refractivity contribution in [3.8, 4) is 22.9 Å². The van der Waals surface area contributed by atoms with E-state index in [0.717, 1.165) is 16.7 Å². The van der Waals surface area contributed by atoms with Gasteiger partial charge in [-0.2, -0.15) is 4.98 Å². The van der Waals surface area contributed by atoms with Gasteiger partial charge in [-0.25, -0.2) is 4.68 Å². The lowest BCUT2D eigenvalue weighted by molar-refractivity contribution is -0.115. The summed E-state index contributed by atoms with van der Waals surface area (Å²) in [4.78, 5) is 17.0. The molecule has 0 saturated carbocycles. The number of ether oxygens (including phenoxy) is 2. The van der Waals surface area contributed by atoms with E-state index < -0.39 is 11.9 Å². The van der Waals surface area contributed by atoms with Crippen LogP contribution in [0.25, 0.3) is 11.4 Å². The van der Waals surface area contributed by atoms with Gasteiger partial charge in [0.15, 0.2) is 17.3 Å². The first-order chi connectivity index (χ1) is 14.0. The van der Waals surface area contributed by atoms with Crippen LogP contribution in [0.5, 0.6) is 11.5 Å². The smallest absolute Gasteiger partial charge is 0.248 e. The maximum atomic E-state index is 12.3. The summed E-state index contributed by atoms with van der Waals surface area (Å²) in [5.74, 6) is 1.89. The van der Waals surface area contributed by atoms with E-state index in [1.165, 1.54) is 0 Å². The molecule has 3 N–H and O–H groups in total.